The van der Waals surface area contributed by atoms with E-state index in [1.165, 1.54) is 0 Å². The van der Waals surface area contributed by atoms with E-state index in [0.29, 0.717) is 24.2 Å². The van der Waals surface area contributed by atoms with Gasteiger partial charge in [0.2, 0.25) is 0 Å². The zero-order valence-corrected chi connectivity index (χ0v) is 7.45. The molecule has 0 heterocycles. The minimum atomic E-state index is -0.807. The monoisotopic (exact) mass is 180 g/mol. The molecule has 13 heavy (non-hydrogen) atoms. The summed E-state index contributed by atoms with van der Waals surface area (Å²) in [4.78, 5) is 0. The van der Waals surface area contributed by atoms with Crippen molar-refractivity contribution in [2.24, 2.45) is 0 Å². The Morgan fingerprint density at radius 1 is 1.38 bits per heavy atom. The van der Waals surface area contributed by atoms with Gasteiger partial charge in [-0.2, -0.15) is 0 Å². The summed E-state index contributed by atoms with van der Waals surface area (Å²) in [6.45, 7) is 0. The van der Waals surface area contributed by atoms with Gasteiger partial charge in [0, 0.05) is 5.56 Å². The van der Waals surface area contributed by atoms with Crippen LogP contribution in [0.4, 0.5) is 0 Å². The third-order valence-electron chi connectivity index (χ3n) is 2.43. The van der Waals surface area contributed by atoms with Gasteiger partial charge in [0.05, 0.1) is 12.7 Å². The molecular weight excluding hydrogens is 168 g/mol. The predicted molar refractivity (Wildman–Crippen MR) is 47.8 cm³/mol. The maximum atomic E-state index is 9.79. The van der Waals surface area contributed by atoms with Crippen LogP contribution in [0, 0.1) is 0 Å². The molecule has 2 rings (SSSR count). The van der Waals surface area contributed by atoms with Crippen molar-refractivity contribution >= 4 is 0 Å². The van der Waals surface area contributed by atoms with Crippen molar-refractivity contribution in [2.45, 2.75) is 18.4 Å². The maximum absolute atomic E-state index is 9.79. The van der Waals surface area contributed by atoms with E-state index in [9.17, 15) is 10.2 Å². The van der Waals surface area contributed by atoms with Gasteiger partial charge in [-0.3, -0.25) is 0 Å². The van der Waals surface area contributed by atoms with E-state index in [0.717, 1.165) is 0 Å². The molecule has 70 valence electrons. The predicted octanol–water partition coefficient (Wildman–Crippen LogP) is 1.38. The van der Waals surface area contributed by atoms with Gasteiger partial charge < -0.3 is 14.9 Å². The van der Waals surface area contributed by atoms with Crippen LogP contribution in [0.2, 0.25) is 0 Å². The minimum absolute atomic E-state index is 0.140. The molecule has 1 aliphatic rings. The highest BCUT2D eigenvalue weighted by atomic mass is 16.5. The molecule has 2 N–H and O–H groups in total. The lowest BCUT2D eigenvalue weighted by Gasteiger charge is -2.11. The molecule has 0 aromatic heterocycles. The van der Waals surface area contributed by atoms with E-state index in [4.69, 9.17) is 4.74 Å². The number of aliphatic hydroxyl groups is 1. The molecule has 0 bridgehead atoms. The second-order valence-electron chi connectivity index (χ2n) is 3.41. The molecule has 1 aliphatic carbocycles. The smallest absolute Gasteiger partial charge is 0.121 e. The summed E-state index contributed by atoms with van der Waals surface area (Å²) in [5.74, 6) is 0.800. The number of ether oxygens (including phenoxy) is 1. The van der Waals surface area contributed by atoms with Gasteiger partial charge in [-0.25, -0.2) is 0 Å². The van der Waals surface area contributed by atoms with E-state index in [2.05, 4.69) is 0 Å². The Balaban J connectivity index is 2.43. The molecule has 0 saturated heterocycles. The SMILES string of the molecule is COc1ccc(O)c(C2(O)CC2)c1. The van der Waals surface area contributed by atoms with Crippen LogP contribution in [0.1, 0.15) is 18.4 Å². The maximum Gasteiger partial charge on any atom is 0.121 e. The van der Waals surface area contributed by atoms with E-state index in [-0.39, 0.29) is 5.75 Å². The van der Waals surface area contributed by atoms with Crippen molar-refractivity contribution in [1.29, 1.82) is 0 Å². The lowest BCUT2D eigenvalue weighted by Crippen LogP contribution is -2.04. The number of hydrogen-bond donors (Lipinski definition) is 2. The average Bonchev–Trinajstić information content (AvgIpc) is 2.86. The van der Waals surface area contributed by atoms with Crippen LogP contribution in [-0.2, 0) is 5.60 Å². The summed E-state index contributed by atoms with van der Waals surface area (Å²) in [6.07, 6.45) is 1.43. The van der Waals surface area contributed by atoms with Crippen LogP contribution in [-0.4, -0.2) is 17.3 Å². The molecule has 0 spiro atoms. The van der Waals surface area contributed by atoms with Gasteiger partial charge in [-0.1, -0.05) is 0 Å². The molecule has 0 unspecified atom stereocenters. The highest BCUT2D eigenvalue weighted by Crippen LogP contribution is 2.49. The first-order chi connectivity index (χ1) is 6.15. The summed E-state index contributed by atoms with van der Waals surface area (Å²) >= 11 is 0. The van der Waals surface area contributed by atoms with E-state index >= 15 is 0 Å². The van der Waals surface area contributed by atoms with Gasteiger partial charge in [-0.15, -0.1) is 0 Å². The first-order valence-corrected chi connectivity index (χ1v) is 4.25. The standard InChI is InChI=1S/C10H12O3/c1-13-7-2-3-9(11)8(6-7)10(12)4-5-10/h2-3,6,11-12H,4-5H2,1H3. The first kappa shape index (κ1) is 8.38. The summed E-state index contributed by atoms with van der Waals surface area (Å²) in [6, 6.07) is 4.90. The van der Waals surface area contributed by atoms with Crippen LogP contribution < -0.4 is 4.74 Å². The molecule has 3 heteroatoms. The fourth-order valence-electron chi connectivity index (χ4n) is 1.40. The van der Waals surface area contributed by atoms with Crippen LogP contribution in [0.15, 0.2) is 18.2 Å². The third-order valence-corrected chi connectivity index (χ3v) is 2.43. The first-order valence-electron chi connectivity index (χ1n) is 4.25. The lowest BCUT2D eigenvalue weighted by atomic mass is 10.1. The fourth-order valence-corrected chi connectivity index (χ4v) is 1.40. The van der Waals surface area contributed by atoms with Crippen molar-refractivity contribution in [2.75, 3.05) is 7.11 Å². The van der Waals surface area contributed by atoms with E-state index < -0.39 is 5.60 Å². The van der Waals surface area contributed by atoms with Crippen molar-refractivity contribution in [3.63, 3.8) is 0 Å². The van der Waals surface area contributed by atoms with Crippen LogP contribution in [0.25, 0.3) is 0 Å². The summed E-state index contributed by atoms with van der Waals surface area (Å²) in [7, 11) is 1.56. The van der Waals surface area contributed by atoms with Gasteiger partial charge in [0.25, 0.3) is 0 Å². The number of rotatable bonds is 2. The molecule has 0 aliphatic heterocycles. The summed E-state index contributed by atoms with van der Waals surface area (Å²) in [5.41, 5.74) is -0.231. The Bertz CT molecular complexity index is 329. The van der Waals surface area contributed by atoms with Crippen molar-refractivity contribution < 1.29 is 14.9 Å². The summed E-state index contributed by atoms with van der Waals surface area (Å²) < 4.78 is 5.01. The molecule has 1 fully saturated rings. The molecule has 0 radical (unpaired) electrons. The third kappa shape index (κ3) is 1.35. The number of aromatic hydroxyl groups is 1. The van der Waals surface area contributed by atoms with Crippen LogP contribution in [0.5, 0.6) is 11.5 Å². The molecule has 3 nitrogen and oxygen atoms in total. The zero-order chi connectivity index (χ0) is 9.47. The number of hydrogen-bond acceptors (Lipinski definition) is 3. The van der Waals surface area contributed by atoms with Crippen LogP contribution >= 0.6 is 0 Å². The lowest BCUT2D eigenvalue weighted by molar-refractivity contribution is 0.147. The molecule has 1 aromatic carbocycles. The fraction of sp³-hybridized carbons (Fsp3) is 0.400. The number of phenols is 1. The van der Waals surface area contributed by atoms with E-state index in [1.54, 1.807) is 25.3 Å². The van der Waals surface area contributed by atoms with Crippen molar-refractivity contribution in [1.82, 2.24) is 0 Å². The Kier molecular flexibility index (Phi) is 1.70. The minimum Gasteiger partial charge on any atom is -0.508 e. The normalized spacial score (nSPS) is 18.3. The van der Waals surface area contributed by atoms with Gasteiger partial charge in [0.15, 0.2) is 0 Å². The highest BCUT2D eigenvalue weighted by molar-refractivity contribution is 5.44. The Morgan fingerprint density at radius 2 is 2.08 bits per heavy atom. The van der Waals surface area contributed by atoms with E-state index in [1.807, 2.05) is 0 Å². The second-order valence-corrected chi connectivity index (χ2v) is 3.41. The second kappa shape index (κ2) is 2.64. The molecule has 0 atom stereocenters. The largest absolute Gasteiger partial charge is 0.508 e. The van der Waals surface area contributed by atoms with Gasteiger partial charge in [0.1, 0.15) is 11.5 Å². The topological polar surface area (TPSA) is 49.7 Å². The van der Waals surface area contributed by atoms with Gasteiger partial charge >= 0.3 is 0 Å². The highest BCUT2D eigenvalue weighted by Gasteiger charge is 2.44. The number of phenolic OH excluding ortho intramolecular Hbond substituents is 1. The van der Waals surface area contributed by atoms with Crippen molar-refractivity contribution in [3.8, 4) is 11.5 Å². The molecule has 1 aromatic rings. The Labute approximate surface area is 76.6 Å². The molecule has 0 amide bonds. The number of methoxy groups -OCH3 is 1. The Hall–Kier alpha value is -1.22. The molecular formula is C10H12O3. The van der Waals surface area contributed by atoms with Gasteiger partial charge in [-0.05, 0) is 31.0 Å². The van der Waals surface area contributed by atoms with Crippen molar-refractivity contribution in [3.05, 3.63) is 23.8 Å². The number of benzene rings is 1. The zero-order valence-electron chi connectivity index (χ0n) is 7.45. The summed E-state index contributed by atoms with van der Waals surface area (Å²) in [5, 5.41) is 19.3. The van der Waals surface area contributed by atoms with Crippen LogP contribution in [0.3, 0.4) is 0 Å². The molecule has 1 saturated carbocycles. The quantitative estimate of drug-likeness (QED) is 0.723. The average molecular weight is 180 g/mol. The Morgan fingerprint density at radius 3 is 2.62 bits per heavy atom.